The molecule has 6 nitrogen and oxygen atoms in total. The minimum atomic E-state index is -1.32. The molecular formula is C18H13N3O3. The van der Waals surface area contributed by atoms with Crippen LogP contribution in [0.3, 0.4) is 0 Å². The molecule has 0 atom stereocenters. The van der Waals surface area contributed by atoms with Crippen LogP contribution in [0.4, 0.5) is 5.69 Å². The van der Waals surface area contributed by atoms with E-state index < -0.39 is 11.8 Å². The Morgan fingerprint density at radius 3 is 2.42 bits per heavy atom. The number of ketones is 1. The number of azide groups is 1. The Labute approximate surface area is 138 Å². The molecule has 1 N–H and O–H groups in total. The summed E-state index contributed by atoms with van der Waals surface area (Å²) in [4.78, 5) is 26.6. The molecule has 2 rings (SSSR count). The molecule has 0 amide bonds. The maximum Gasteiger partial charge on any atom is 0.339 e. The molecule has 0 spiro atoms. The molecule has 2 aromatic rings. The second-order valence-corrected chi connectivity index (χ2v) is 4.77. The number of carbonyl (C=O) groups is 2. The minimum absolute atomic E-state index is 0.289. The Kier molecular flexibility index (Phi) is 5.28. The van der Waals surface area contributed by atoms with Gasteiger partial charge in [0, 0.05) is 16.2 Å². The standard InChI is InChI=1S/C18H13N3O3/c1-2-12-10-15(20-21-19)9-8-14(12)11-16(18(23)24)17(22)13-6-4-3-5-7-13/h2-11H,1H2,(H,23,24)/b16-11-. The van der Waals surface area contributed by atoms with E-state index in [1.807, 2.05) is 0 Å². The van der Waals surface area contributed by atoms with Gasteiger partial charge in [0.1, 0.15) is 5.57 Å². The van der Waals surface area contributed by atoms with E-state index in [0.29, 0.717) is 16.8 Å². The predicted molar refractivity (Wildman–Crippen MR) is 91.7 cm³/mol. The van der Waals surface area contributed by atoms with Gasteiger partial charge in [0.05, 0.1) is 0 Å². The number of carbonyl (C=O) groups excluding carboxylic acids is 1. The van der Waals surface area contributed by atoms with Gasteiger partial charge in [-0.3, -0.25) is 4.79 Å². The minimum Gasteiger partial charge on any atom is -0.478 e. The lowest BCUT2D eigenvalue weighted by Crippen LogP contribution is -2.12. The van der Waals surface area contributed by atoms with Crippen LogP contribution in [0.5, 0.6) is 0 Å². The highest BCUT2D eigenvalue weighted by Crippen LogP contribution is 2.23. The zero-order valence-electron chi connectivity index (χ0n) is 12.6. The summed E-state index contributed by atoms with van der Waals surface area (Å²) in [6.07, 6.45) is 2.78. The van der Waals surface area contributed by atoms with Crippen molar-refractivity contribution in [2.45, 2.75) is 0 Å². The third kappa shape index (κ3) is 3.76. The average molecular weight is 319 g/mol. The van der Waals surface area contributed by atoms with E-state index in [0.717, 1.165) is 0 Å². The van der Waals surface area contributed by atoms with Crippen molar-refractivity contribution in [3.63, 3.8) is 0 Å². The largest absolute Gasteiger partial charge is 0.478 e. The molecule has 0 bridgehead atoms. The second-order valence-electron chi connectivity index (χ2n) is 4.77. The number of Topliss-reactive ketones (excluding diaryl/α,β-unsaturated/α-hetero) is 1. The summed E-state index contributed by atoms with van der Waals surface area (Å²) in [5, 5.41) is 12.9. The van der Waals surface area contributed by atoms with Crippen molar-refractivity contribution in [1.82, 2.24) is 0 Å². The topological polar surface area (TPSA) is 103 Å². The predicted octanol–water partition coefficient (Wildman–Crippen LogP) is 4.62. The molecule has 0 unspecified atom stereocenters. The Bertz CT molecular complexity index is 880. The lowest BCUT2D eigenvalue weighted by atomic mass is 9.98. The van der Waals surface area contributed by atoms with Crippen molar-refractivity contribution in [2.24, 2.45) is 5.11 Å². The number of benzene rings is 2. The summed E-state index contributed by atoms with van der Waals surface area (Å²) in [6.45, 7) is 3.65. The summed E-state index contributed by atoms with van der Waals surface area (Å²) in [6, 6.07) is 12.8. The van der Waals surface area contributed by atoms with E-state index in [4.69, 9.17) is 5.53 Å². The first-order chi connectivity index (χ1) is 11.6. The molecule has 0 aromatic heterocycles. The van der Waals surface area contributed by atoms with Crippen LogP contribution < -0.4 is 0 Å². The van der Waals surface area contributed by atoms with Gasteiger partial charge in [-0.25, -0.2) is 4.79 Å². The number of rotatable bonds is 6. The van der Waals surface area contributed by atoms with Gasteiger partial charge in [-0.15, -0.1) is 0 Å². The average Bonchev–Trinajstić information content (AvgIpc) is 2.60. The lowest BCUT2D eigenvalue weighted by Gasteiger charge is -2.06. The Morgan fingerprint density at radius 2 is 1.83 bits per heavy atom. The van der Waals surface area contributed by atoms with Crippen LogP contribution in [0.1, 0.15) is 21.5 Å². The van der Waals surface area contributed by atoms with Crippen LogP contribution in [0.25, 0.3) is 22.6 Å². The van der Waals surface area contributed by atoms with Gasteiger partial charge in [-0.05, 0) is 28.8 Å². The first-order valence-electron chi connectivity index (χ1n) is 6.93. The van der Waals surface area contributed by atoms with Crippen molar-refractivity contribution >= 4 is 29.6 Å². The van der Waals surface area contributed by atoms with E-state index in [1.165, 1.54) is 18.2 Å². The molecule has 6 heteroatoms. The Balaban J connectivity index is 2.52. The molecule has 24 heavy (non-hydrogen) atoms. The number of aliphatic carboxylic acids is 1. The molecule has 0 aliphatic rings. The lowest BCUT2D eigenvalue weighted by molar-refractivity contribution is -0.132. The van der Waals surface area contributed by atoms with E-state index >= 15 is 0 Å². The van der Waals surface area contributed by atoms with Gasteiger partial charge < -0.3 is 5.11 Å². The molecule has 0 aliphatic carbocycles. The summed E-state index contributed by atoms with van der Waals surface area (Å²) in [7, 11) is 0. The Hall–Kier alpha value is -3.63. The van der Waals surface area contributed by atoms with E-state index in [-0.39, 0.29) is 11.1 Å². The van der Waals surface area contributed by atoms with Crippen LogP contribution in [-0.4, -0.2) is 16.9 Å². The quantitative estimate of drug-likeness (QED) is 0.160. The summed E-state index contributed by atoms with van der Waals surface area (Å²) in [5.74, 6) is -1.91. The normalized spacial score (nSPS) is 10.6. The summed E-state index contributed by atoms with van der Waals surface area (Å²) < 4.78 is 0. The smallest absolute Gasteiger partial charge is 0.339 e. The summed E-state index contributed by atoms with van der Waals surface area (Å²) >= 11 is 0. The van der Waals surface area contributed by atoms with E-state index in [1.54, 1.807) is 42.5 Å². The second kappa shape index (κ2) is 7.58. The molecule has 0 saturated heterocycles. The van der Waals surface area contributed by atoms with Gasteiger partial charge in [0.15, 0.2) is 5.78 Å². The fourth-order valence-corrected chi connectivity index (χ4v) is 2.11. The fourth-order valence-electron chi connectivity index (χ4n) is 2.11. The molecule has 0 radical (unpaired) electrons. The van der Waals surface area contributed by atoms with Crippen LogP contribution in [-0.2, 0) is 4.79 Å². The van der Waals surface area contributed by atoms with Gasteiger partial charge in [-0.1, -0.05) is 60.2 Å². The fraction of sp³-hybridized carbons (Fsp3) is 0. The first-order valence-corrected chi connectivity index (χ1v) is 6.93. The molecule has 0 aliphatic heterocycles. The highest BCUT2D eigenvalue weighted by Gasteiger charge is 2.19. The van der Waals surface area contributed by atoms with Crippen LogP contribution in [0.15, 0.2) is 65.8 Å². The van der Waals surface area contributed by atoms with E-state index in [2.05, 4.69) is 16.6 Å². The molecule has 118 valence electrons. The van der Waals surface area contributed by atoms with Crippen molar-refractivity contribution in [3.05, 3.63) is 87.8 Å². The van der Waals surface area contributed by atoms with Crippen molar-refractivity contribution in [1.29, 1.82) is 0 Å². The first kappa shape index (κ1) is 16.7. The number of carboxylic acids is 1. The van der Waals surface area contributed by atoms with E-state index in [9.17, 15) is 14.7 Å². The summed E-state index contributed by atoms with van der Waals surface area (Å²) in [5.41, 5.74) is 9.81. The molecule has 0 heterocycles. The zero-order chi connectivity index (χ0) is 17.5. The molecule has 2 aromatic carbocycles. The van der Waals surface area contributed by atoms with Gasteiger partial charge in [-0.2, -0.15) is 0 Å². The molecule has 0 saturated carbocycles. The maximum absolute atomic E-state index is 12.4. The maximum atomic E-state index is 12.4. The van der Waals surface area contributed by atoms with Crippen molar-refractivity contribution in [3.8, 4) is 0 Å². The highest BCUT2D eigenvalue weighted by molar-refractivity contribution is 6.26. The number of hydrogen-bond donors (Lipinski definition) is 1. The van der Waals surface area contributed by atoms with Crippen LogP contribution >= 0.6 is 0 Å². The van der Waals surface area contributed by atoms with Crippen LogP contribution in [0, 0.1) is 0 Å². The third-order valence-electron chi connectivity index (χ3n) is 3.26. The third-order valence-corrected chi connectivity index (χ3v) is 3.26. The number of hydrogen-bond acceptors (Lipinski definition) is 3. The molecular weight excluding hydrogens is 306 g/mol. The number of carboxylic acid groups (broad SMARTS) is 1. The SMILES string of the molecule is C=Cc1cc(N=[N+]=[N-])ccc1/C=C(\C(=O)O)C(=O)c1ccccc1. The highest BCUT2D eigenvalue weighted by atomic mass is 16.4. The molecule has 0 fully saturated rings. The Morgan fingerprint density at radius 1 is 1.12 bits per heavy atom. The van der Waals surface area contributed by atoms with Gasteiger partial charge in [0.2, 0.25) is 0 Å². The van der Waals surface area contributed by atoms with Crippen LogP contribution in [0.2, 0.25) is 0 Å². The van der Waals surface area contributed by atoms with Crippen molar-refractivity contribution in [2.75, 3.05) is 0 Å². The zero-order valence-corrected chi connectivity index (χ0v) is 12.6. The monoisotopic (exact) mass is 319 g/mol. The van der Waals surface area contributed by atoms with Crippen molar-refractivity contribution < 1.29 is 14.7 Å². The van der Waals surface area contributed by atoms with Gasteiger partial charge >= 0.3 is 5.97 Å². The van der Waals surface area contributed by atoms with Gasteiger partial charge in [0.25, 0.3) is 0 Å². The number of nitrogens with zero attached hydrogens (tertiary/aromatic N) is 3.